The Kier molecular flexibility index (Phi) is 5.59. The lowest BCUT2D eigenvalue weighted by atomic mass is 9.99. The quantitative estimate of drug-likeness (QED) is 0.751. The maximum atomic E-state index is 11.8. The molecule has 7 heteroatoms. The Hall–Kier alpha value is -1.79. The molecule has 0 aromatic heterocycles. The molecule has 1 aliphatic rings. The molecular formula is C12H21N3O4. The molecule has 0 radical (unpaired) electrons. The zero-order chi connectivity index (χ0) is 14.4. The van der Waals surface area contributed by atoms with Crippen LogP contribution in [0.3, 0.4) is 0 Å². The van der Waals surface area contributed by atoms with E-state index >= 15 is 0 Å². The second-order valence-electron chi connectivity index (χ2n) is 4.69. The minimum Gasteiger partial charge on any atom is -0.481 e. The lowest BCUT2D eigenvalue weighted by Crippen LogP contribution is -2.49. The van der Waals surface area contributed by atoms with Crippen LogP contribution in [0.5, 0.6) is 0 Å². The van der Waals surface area contributed by atoms with Crippen molar-refractivity contribution in [2.45, 2.75) is 19.8 Å². The number of rotatable bonds is 4. The van der Waals surface area contributed by atoms with E-state index in [9.17, 15) is 14.4 Å². The average Bonchev–Trinajstić information content (AvgIpc) is 2.43. The highest BCUT2D eigenvalue weighted by atomic mass is 16.4. The van der Waals surface area contributed by atoms with Crippen molar-refractivity contribution >= 4 is 17.9 Å². The van der Waals surface area contributed by atoms with Crippen LogP contribution in [0.25, 0.3) is 0 Å². The molecule has 0 saturated carbocycles. The molecule has 1 aliphatic heterocycles. The van der Waals surface area contributed by atoms with Crippen LogP contribution in [0.2, 0.25) is 0 Å². The highest BCUT2D eigenvalue weighted by Gasteiger charge is 2.28. The lowest BCUT2D eigenvalue weighted by molar-refractivity contribution is -0.143. The van der Waals surface area contributed by atoms with Crippen molar-refractivity contribution in [3.8, 4) is 0 Å². The number of carbonyl (C=O) groups is 3. The van der Waals surface area contributed by atoms with Crippen LogP contribution in [-0.2, 0) is 9.59 Å². The van der Waals surface area contributed by atoms with Gasteiger partial charge in [0.2, 0.25) is 5.91 Å². The Morgan fingerprint density at radius 1 is 1.42 bits per heavy atom. The third kappa shape index (κ3) is 4.42. The van der Waals surface area contributed by atoms with E-state index in [2.05, 4.69) is 5.32 Å². The molecule has 0 bridgehead atoms. The molecule has 1 heterocycles. The van der Waals surface area contributed by atoms with E-state index in [1.807, 2.05) is 6.92 Å². The number of carboxylic acids is 1. The van der Waals surface area contributed by atoms with Crippen LogP contribution in [0, 0.1) is 5.92 Å². The molecule has 0 spiro atoms. The lowest BCUT2D eigenvalue weighted by Gasteiger charge is -2.30. The first-order valence-electron chi connectivity index (χ1n) is 6.45. The van der Waals surface area contributed by atoms with Gasteiger partial charge in [-0.3, -0.25) is 9.59 Å². The number of likely N-dealkylation sites (N-methyl/N-ethyl adjacent to an activating group) is 1. The molecule has 0 aromatic carbocycles. The number of hydrogen-bond donors (Lipinski definition) is 2. The number of nitrogens with one attached hydrogen (secondary N) is 1. The molecule has 0 aromatic rings. The molecule has 19 heavy (non-hydrogen) atoms. The second-order valence-corrected chi connectivity index (χ2v) is 4.69. The van der Waals surface area contributed by atoms with Gasteiger partial charge in [-0.15, -0.1) is 0 Å². The van der Waals surface area contributed by atoms with E-state index in [4.69, 9.17) is 5.11 Å². The first kappa shape index (κ1) is 15.3. The van der Waals surface area contributed by atoms with Gasteiger partial charge in [0.1, 0.15) is 0 Å². The molecule has 2 N–H and O–H groups in total. The van der Waals surface area contributed by atoms with Gasteiger partial charge in [0.15, 0.2) is 0 Å². The van der Waals surface area contributed by atoms with Crippen molar-refractivity contribution in [2.24, 2.45) is 5.92 Å². The van der Waals surface area contributed by atoms with Crippen molar-refractivity contribution in [3.05, 3.63) is 0 Å². The van der Waals surface area contributed by atoms with E-state index in [-0.39, 0.29) is 25.0 Å². The minimum atomic E-state index is -0.876. The maximum absolute atomic E-state index is 11.8. The van der Waals surface area contributed by atoms with Gasteiger partial charge >= 0.3 is 12.0 Å². The number of aliphatic carboxylic acids is 1. The van der Waals surface area contributed by atoms with Gasteiger partial charge < -0.3 is 20.2 Å². The van der Waals surface area contributed by atoms with Crippen molar-refractivity contribution in [1.82, 2.24) is 15.1 Å². The van der Waals surface area contributed by atoms with Crippen LogP contribution in [-0.4, -0.2) is 66.0 Å². The maximum Gasteiger partial charge on any atom is 0.317 e. The molecule has 1 rings (SSSR count). The number of nitrogens with zero attached hydrogens (tertiary/aromatic N) is 2. The monoisotopic (exact) mass is 271 g/mol. The molecule has 3 amide bonds. The summed E-state index contributed by atoms with van der Waals surface area (Å²) < 4.78 is 0. The minimum absolute atomic E-state index is 0.0581. The number of hydrogen-bond acceptors (Lipinski definition) is 3. The Morgan fingerprint density at radius 2 is 2.11 bits per heavy atom. The van der Waals surface area contributed by atoms with Gasteiger partial charge in [0.25, 0.3) is 0 Å². The van der Waals surface area contributed by atoms with Gasteiger partial charge in [-0.2, -0.15) is 0 Å². The predicted octanol–water partition coefficient (Wildman–Crippen LogP) is -0.0291. The van der Waals surface area contributed by atoms with E-state index < -0.39 is 11.9 Å². The van der Waals surface area contributed by atoms with Crippen LogP contribution >= 0.6 is 0 Å². The summed E-state index contributed by atoms with van der Waals surface area (Å²) in [6, 6.07) is -0.371. The van der Waals surface area contributed by atoms with Crippen molar-refractivity contribution < 1.29 is 19.5 Å². The molecule has 1 fully saturated rings. The summed E-state index contributed by atoms with van der Waals surface area (Å²) in [4.78, 5) is 37.2. The summed E-state index contributed by atoms with van der Waals surface area (Å²) in [5, 5.41) is 11.5. The Morgan fingerprint density at radius 3 is 2.68 bits per heavy atom. The van der Waals surface area contributed by atoms with E-state index in [1.54, 1.807) is 7.05 Å². The fourth-order valence-corrected chi connectivity index (χ4v) is 1.94. The Bertz CT molecular complexity index is 359. The smallest absolute Gasteiger partial charge is 0.317 e. The standard InChI is InChI=1S/C12H21N3O4/c1-3-14(2)10(16)7-13-12(19)15-6-4-5-9(8-15)11(17)18/h9H,3-8H2,1-2H3,(H,13,19)(H,17,18). The van der Waals surface area contributed by atoms with Crippen molar-refractivity contribution in [3.63, 3.8) is 0 Å². The van der Waals surface area contributed by atoms with Gasteiger partial charge in [-0.1, -0.05) is 0 Å². The number of carboxylic acid groups (broad SMARTS) is 1. The predicted molar refractivity (Wildman–Crippen MR) is 68.6 cm³/mol. The molecule has 1 atom stereocenters. The average molecular weight is 271 g/mol. The van der Waals surface area contributed by atoms with Crippen LogP contribution in [0.1, 0.15) is 19.8 Å². The summed E-state index contributed by atoms with van der Waals surface area (Å²) >= 11 is 0. The number of likely N-dealkylation sites (tertiary alicyclic amines) is 1. The Balaban J connectivity index is 2.41. The zero-order valence-electron chi connectivity index (χ0n) is 11.4. The summed E-state index contributed by atoms with van der Waals surface area (Å²) in [7, 11) is 1.66. The highest BCUT2D eigenvalue weighted by molar-refractivity contribution is 5.84. The second kappa shape index (κ2) is 6.96. The summed E-state index contributed by atoms with van der Waals surface area (Å²) in [6.45, 7) is 3.12. The van der Waals surface area contributed by atoms with Gasteiger partial charge in [-0.25, -0.2) is 4.79 Å². The van der Waals surface area contributed by atoms with Crippen LogP contribution in [0.4, 0.5) is 4.79 Å². The molecular weight excluding hydrogens is 250 g/mol. The van der Waals surface area contributed by atoms with E-state index in [0.29, 0.717) is 25.9 Å². The summed E-state index contributed by atoms with van der Waals surface area (Å²) in [5.74, 6) is -1.55. The molecule has 7 nitrogen and oxygen atoms in total. The third-order valence-corrected chi connectivity index (χ3v) is 3.35. The van der Waals surface area contributed by atoms with Gasteiger partial charge in [0, 0.05) is 26.7 Å². The Labute approximate surface area is 112 Å². The molecule has 0 aliphatic carbocycles. The normalized spacial score (nSPS) is 18.8. The van der Waals surface area contributed by atoms with Crippen LogP contribution < -0.4 is 5.32 Å². The molecule has 108 valence electrons. The summed E-state index contributed by atoms with van der Waals surface area (Å²) in [6.07, 6.45) is 1.27. The summed E-state index contributed by atoms with van der Waals surface area (Å²) in [5.41, 5.74) is 0. The van der Waals surface area contributed by atoms with Crippen molar-refractivity contribution in [1.29, 1.82) is 0 Å². The SMILES string of the molecule is CCN(C)C(=O)CNC(=O)N1CCCC(C(=O)O)C1. The fourth-order valence-electron chi connectivity index (χ4n) is 1.94. The number of amides is 3. The fraction of sp³-hybridized carbons (Fsp3) is 0.750. The largest absolute Gasteiger partial charge is 0.481 e. The van der Waals surface area contributed by atoms with Gasteiger partial charge in [-0.05, 0) is 19.8 Å². The number of carbonyl (C=O) groups excluding carboxylic acids is 2. The first-order chi connectivity index (χ1) is 8.95. The number of piperidine rings is 1. The first-order valence-corrected chi connectivity index (χ1v) is 6.45. The van der Waals surface area contributed by atoms with Crippen LogP contribution in [0.15, 0.2) is 0 Å². The topological polar surface area (TPSA) is 90.0 Å². The number of urea groups is 1. The third-order valence-electron chi connectivity index (χ3n) is 3.35. The van der Waals surface area contributed by atoms with Gasteiger partial charge in [0.05, 0.1) is 12.5 Å². The van der Waals surface area contributed by atoms with E-state index in [1.165, 1.54) is 9.80 Å². The van der Waals surface area contributed by atoms with Crippen molar-refractivity contribution in [2.75, 3.05) is 33.2 Å². The molecule has 1 saturated heterocycles. The van der Waals surface area contributed by atoms with E-state index in [0.717, 1.165) is 0 Å². The highest BCUT2D eigenvalue weighted by Crippen LogP contribution is 2.16. The molecule has 1 unspecified atom stereocenters. The zero-order valence-corrected chi connectivity index (χ0v) is 11.4.